The summed E-state index contributed by atoms with van der Waals surface area (Å²) in [6.07, 6.45) is 4.26. The molecule has 9 heteroatoms. The van der Waals surface area contributed by atoms with Crippen LogP contribution in [0.5, 0.6) is 5.75 Å². The average molecular weight is 644 g/mol. The minimum Gasteiger partial charge on any atom is -0.497 e. The first-order chi connectivity index (χ1) is 22.5. The first kappa shape index (κ1) is 34.4. The lowest BCUT2D eigenvalue weighted by Gasteiger charge is -2.40. The molecule has 2 aromatic carbocycles. The number of fused-ring (bicyclic) bond motifs is 1. The summed E-state index contributed by atoms with van der Waals surface area (Å²) in [4.78, 5) is 49.6. The molecule has 2 aromatic rings. The van der Waals surface area contributed by atoms with Crippen molar-refractivity contribution in [1.82, 2.24) is 9.80 Å². The number of aliphatic hydroxyl groups excluding tert-OH is 1. The van der Waals surface area contributed by atoms with Crippen LogP contribution in [0.15, 0.2) is 79.9 Å². The van der Waals surface area contributed by atoms with Crippen LogP contribution in [0.3, 0.4) is 0 Å². The number of hydrogen-bond donors (Lipinski definition) is 1. The van der Waals surface area contributed by atoms with Crippen LogP contribution in [0.1, 0.15) is 46.1 Å². The summed E-state index contributed by atoms with van der Waals surface area (Å²) >= 11 is 0. The summed E-state index contributed by atoms with van der Waals surface area (Å²) in [6, 6.07) is 15.2. The van der Waals surface area contributed by atoms with Gasteiger partial charge in [0.25, 0.3) is 5.91 Å². The second kappa shape index (κ2) is 13.6. The van der Waals surface area contributed by atoms with Crippen LogP contribution < -0.4 is 9.64 Å². The van der Waals surface area contributed by atoms with Gasteiger partial charge in [-0.25, -0.2) is 0 Å². The number of carbonyl (C=O) groups is 3. The van der Waals surface area contributed by atoms with E-state index in [2.05, 4.69) is 13.2 Å². The Bertz CT molecular complexity index is 1480. The van der Waals surface area contributed by atoms with Gasteiger partial charge in [-0.05, 0) is 61.4 Å². The number of nitrogens with zero attached hydrogens (tertiary/aromatic N) is 3. The lowest BCUT2D eigenvalue weighted by atomic mass is 9.62. The molecule has 3 heterocycles. The second-order valence-electron chi connectivity index (χ2n) is 13.8. The van der Waals surface area contributed by atoms with E-state index in [0.717, 1.165) is 5.56 Å². The molecule has 3 aliphatic rings. The molecule has 1 N–H and O–H groups in total. The Hall–Kier alpha value is -3.95. The molecule has 3 aliphatic heterocycles. The number of methoxy groups -OCH3 is 1. The van der Waals surface area contributed by atoms with Crippen molar-refractivity contribution in [2.45, 2.75) is 70.4 Å². The fourth-order valence-electron chi connectivity index (χ4n) is 8.30. The maximum absolute atomic E-state index is 15.0. The maximum Gasteiger partial charge on any atom is 0.253 e. The number of likely N-dealkylation sites (tertiary alicyclic amines) is 1. The highest BCUT2D eigenvalue weighted by atomic mass is 16.5. The zero-order valence-corrected chi connectivity index (χ0v) is 28.3. The number of benzene rings is 2. The second-order valence-corrected chi connectivity index (χ2v) is 13.8. The van der Waals surface area contributed by atoms with Crippen molar-refractivity contribution in [3.8, 4) is 5.75 Å². The summed E-state index contributed by atoms with van der Waals surface area (Å²) in [7, 11) is 1.58. The van der Waals surface area contributed by atoms with E-state index in [4.69, 9.17) is 9.47 Å². The van der Waals surface area contributed by atoms with Crippen LogP contribution >= 0.6 is 0 Å². The summed E-state index contributed by atoms with van der Waals surface area (Å²) in [5.41, 5.74) is -0.657. The molecule has 2 bridgehead atoms. The van der Waals surface area contributed by atoms with Gasteiger partial charge in [0.05, 0.1) is 37.2 Å². The van der Waals surface area contributed by atoms with Crippen LogP contribution in [0.25, 0.3) is 0 Å². The Kier molecular flexibility index (Phi) is 9.99. The summed E-state index contributed by atoms with van der Waals surface area (Å²) in [5, 5.41) is 10.7. The number of carbonyl (C=O) groups excluding carboxylic acids is 3. The predicted octanol–water partition coefficient (Wildman–Crippen LogP) is 4.85. The highest BCUT2D eigenvalue weighted by Gasteiger charge is 2.80. The molecule has 3 unspecified atom stereocenters. The third-order valence-electron chi connectivity index (χ3n) is 10.4. The van der Waals surface area contributed by atoms with Gasteiger partial charge in [-0.1, -0.05) is 63.3 Å². The topological polar surface area (TPSA) is 99.6 Å². The Balaban J connectivity index is 1.63. The zero-order chi connectivity index (χ0) is 34.1. The SMILES string of the molecule is C=CCN(Cc1ccccc1)C(=O)[C@@H]1[C@H]2C(=O)N([C@@H](CO)CC(C)C)C(C(=O)N(CC=C)c3ccc(OC)cc3)C23CC(C)[C@@]1(C)O3. The van der Waals surface area contributed by atoms with E-state index >= 15 is 4.79 Å². The van der Waals surface area contributed by atoms with Gasteiger partial charge in [-0.2, -0.15) is 0 Å². The first-order valence-corrected chi connectivity index (χ1v) is 16.6. The number of amides is 3. The molecule has 9 nitrogen and oxygen atoms in total. The van der Waals surface area contributed by atoms with Gasteiger partial charge in [0, 0.05) is 25.3 Å². The van der Waals surface area contributed by atoms with Gasteiger partial charge in [0.15, 0.2) is 0 Å². The third-order valence-corrected chi connectivity index (χ3v) is 10.4. The molecule has 0 aliphatic carbocycles. The predicted molar refractivity (Wildman–Crippen MR) is 182 cm³/mol. The lowest BCUT2D eigenvalue weighted by molar-refractivity contribution is -0.154. The van der Waals surface area contributed by atoms with Gasteiger partial charge in [-0.15, -0.1) is 13.2 Å². The van der Waals surface area contributed by atoms with E-state index in [-0.39, 0.29) is 42.7 Å². The van der Waals surface area contributed by atoms with E-state index in [1.807, 2.05) is 58.0 Å². The number of anilines is 1. The number of aliphatic hydroxyl groups is 1. The van der Waals surface area contributed by atoms with Crippen molar-refractivity contribution in [2.24, 2.45) is 23.7 Å². The lowest BCUT2D eigenvalue weighted by Crippen LogP contribution is -2.59. The Morgan fingerprint density at radius 3 is 2.32 bits per heavy atom. The quantitative estimate of drug-likeness (QED) is 0.296. The van der Waals surface area contributed by atoms with Crippen molar-refractivity contribution in [2.75, 3.05) is 31.7 Å². The van der Waals surface area contributed by atoms with Crippen LogP contribution in [0.4, 0.5) is 5.69 Å². The van der Waals surface area contributed by atoms with Crippen molar-refractivity contribution >= 4 is 23.4 Å². The fraction of sp³-hybridized carbons (Fsp3) is 0.500. The van der Waals surface area contributed by atoms with E-state index in [0.29, 0.717) is 37.4 Å². The first-order valence-electron chi connectivity index (χ1n) is 16.6. The molecule has 3 fully saturated rings. The Labute approximate surface area is 278 Å². The molecule has 0 aromatic heterocycles. The van der Waals surface area contributed by atoms with E-state index < -0.39 is 35.1 Å². The normalized spacial score (nSPS) is 28.2. The average Bonchev–Trinajstić information content (AvgIpc) is 3.58. The molecule has 1 spiro atoms. The smallest absolute Gasteiger partial charge is 0.253 e. The standard InChI is InChI=1S/C38H49N3O6/c1-8-19-39(23-27-13-11-10-12-14-27)34(43)31-32-35(44)41(29(24-42)21-25(3)4)33(38(32)22-26(5)37(31,6)47-38)36(45)40(20-9-2)28-15-17-30(46-7)18-16-28/h8-18,25-26,29,31-33,42H,1-2,19-24H2,3-7H3/t26?,29-,31+,32+,33?,37-,38?/m1/s1. The van der Waals surface area contributed by atoms with Crippen molar-refractivity contribution in [3.63, 3.8) is 0 Å². The van der Waals surface area contributed by atoms with Gasteiger partial charge < -0.3 is 29.3 Å². The summed E-state index contributed by atoms with van der Waals surface area (Å²) < 4.78 is 12.4. The van der Waals surface area contributed by atoms with Crippen LogP contribution in [0, 0.1) is 23.7 Å². The monoisotopic (exact) mass is 643 g/mol. The largest absolute Gasteiger partial charge is 0.497 e. The minimum absolute atomic E-state index is 0.121. The van der Waals surface area contributed by atoms with E-state index in [1.165, 1.54) is 0 Å². The van der Waals surface area contributed by atoms with Crippen LogP contribution in [-0.2, 0) is 25.7 Å². The number of rotatable bonds is 14. The van der Waals surface area contributed by atoms with Crippen LogP contribution in [-0.4, -0.2) is 82.7 Å². The fourth-order valence-corrected chi connectivity index (χ4v) is 8.30. The summed E-state index contributed by atoms with van der Waals surface area (Å²) in [5.74, 6) is -1.89. The highest BCUT2D eigenvalue weighted by Crippen LogP contribution is 2.66. The van der Waals surface area contributed by atoms with Gasteiger partial charge in [0.2, 0.25) is 11.8 Å². The number of hydrogen-bond acceptors (Lipinski definition) is 6. The molecule has 3 amide bonds. The van der Waals surface area contributed by atoms with Crippen molar-refractivity contribution < 1.29 is 29.0 Å². The number of ether oxygens (including phenoxy) is 2. The molecule has 0 radical (unpaired) electrons. The molecular weight excluding hydrogens is 594 g/mol. The molecule has 0 saturated carbocycles. The van der Waals surface area contributed by atoms with Gasteiger partial charge in [-0.3, -0.25) is 14.4 Å². The highest BCUT2D eigenvalue weighted by molar-refractivity contribution is 6.05. The molecule has 252 valence electrons. The van der Waals surface area contributed by atoms with E-state index in [1.54, 1.807) is 58.2 Å². The minimum atomic E-state index is -1.26. The Morgan fingerprint density at radius 2 is 1.74 bits per heavy atom. The molecule has 47 heavy (non-hydrogen) atoms. The molecule has 5 rings (SSSR count). The van der Waals surface area contributed by atoms with Crippen molar-refractivity contribution in [3.05, 3.63) is 85.5 Å². The maximum atomic E-state index is 15.0. The van der Waals surface area contributed by atoms with Gasteiger partial charge in [0.1, 0.15) is 17.4 Å². The molecular formula is C38H49N3O6. The summed E-state index contributed by atoms with van der Waals surface area (Å²) in [6.45, 7) is 16.3. The van der Waals surface area contributed by atoms with E-state index in [9.17, 15) is 14.7 Å². The van der Waals surface area contributed by atoms with Crippen molar-refractivity contribution in [1.29, 1.82) is 0 Å². The molecule has 3 saturated heterocycles. The Morgan fingerprint density at radius 1 is 1.09 bits per heavy atom. The van der Waals surface area contributed by atoms with Crippen LogP contribution in [0.2, 0.25) is 0 Å². The molecule has 7 atom stereocenters. The zero-order valence-electron chi connectivity index (χ0n) is 28.3. The van der Waals surface area contributed by atoms with Gasteiger partial charge >= 0.3 is 0 Å². The third kappa shape index (κ3) is 5.89.